The van der Waals surface area contributed by atoms with E-state index in [1.165, 1.54) is 25.7 Å². The van der Waals surface area contributed by atoms with Gasteiger partial charge in [0.2, 0.25) is 0 Å². The van der Waals surface area contributed by atoms with E-state index < -0.39 is 0 Å². The van der Waals surface area contributed by atoms with Crippen molar-refractivity contribution in [2.75, 3.05) is 5.32 Å². The number of benzene rings is 1. The quantitative estimate of drug-likeness (QED) is 0.629. The van der Waals surface area contributed by atoms with E-state index in [9.17, 15) is 0 Å². The van der Waals surface area contributed by atoms with Gasteiger partial charge >= 0.3 is 0 Å². The van der Waals surface area contributed by atoms with E-state index in [2.05, 4.69) is 31.7 Å². The van der Waals surface area contributed by atoms with Crippen LogP contribution in [0.5, 0.6) is 0 Å². The molecular weight excluding hydrogens is 431 g/mol. The fraction of sp³-hybridized carbons (Fsp3) is 0.375. The van der Waals surface area contributed by atoms with Crippen molar-refractivity contribution in [2.45, 2.75) is 38.3 Å². The van der Waals surface area contributed by atoms with Gasteiger partial charge < -0.3 is 10.6 Å². The van der Waals surface area contributed by atoms with E-state index in [-0.39, 0.29) is 0 Å². The van der Waals surface area contributed by atoms with Gasteiger partial charge in [0.05, 0.1) is 21.1 Å². The van der Waals surface area contributed by atoms with Gasteiger partial charge in [-0.15, -0.1) is 0 Å². The van der Waals surface area contributed by atoms with Gasteiger partial charge in [-0.3, -0.25) is 4.68 Å². The first-order valence-electron chi connectivity index (χ1n) is 7.75. The molecule has 0 saturated heterocycles. The van der Waals surface area contributed by atoms with Crippen molar-refractivity contribution >= 4 is 62.3 Å². The monoisotopic (exact) mass is 446 g/mol. The molecule has 128 valence electrons. The second-order valence-electron chi connectivity index (χ2n) is 5.85. The summed E-state index contributed by atoms with van der Waals surface area (Å²) in [5.41, 5.74) is 1.03. The molecule has 0 aliphatic heterocycles. The minimum absolute atomic E-state index is 0.474. The number of hydrogen-bond donors (Lipinski definition) is 2. The van der Waals surface area contributed by atoms with Crippen molar-refractivity contribution in [3.05, 3.63) is 44.5 Å². The Morgan fingerprint density at radius 2 is 2.04 bits per heavy atom. The number of nitrogens with one attached hydrogen (secondary N) is 2. The highest BCUT2D eigenvalue weighted by Crippen LogP contribution is 2.25. The van der Waals surface area contributed by atoms with Crippen LogP contribution in [0.15, 0.2) is 28.9 Å². The molecule has 4 nitrogen and oxygen atoms in total. The Balaban J connectivity index is 1.63. The van der Waals surface area contributed by atoms with Crippen molar-refractivity contribution in [1.29, 1.82) is 0 Å². The molecule has 0 unspecified atom stereocenters. The van der Waals surface area contributed by atoms with E-state index in [4.69, 9.17) is 35.4 Å². The van der Waals surface area contributed by atoms with Crippen LogP contribution in [0.25, 0.3) is 0 Å². The molecule has 1 aromatic heterocycles. The maximum Gasteiger partial charge on any atom is 0.172 e. The Labute approximate surface area is 165 Å². The summed E-state index contributed by atoms with van der Waals surface area (Å²) in [6.07, 6.45) is 6.79. The fourth-order valence-corrected chi connectivity index (χ4v) is 3.79. The van der Waals surface area contributed by atoms with E-state index in [1.807, 2.05) is 23.0 Å². The van der Waals surface area contributed by atoms with Crippen molar-refractivity contribution in [2.24, 2.45) is 0 Å². The third-order valence-electron chi connectivity index (χ3n) is 3.97. The summed E-state index contributed by atoms with van der Waals surface area (Å²) in [6, 6.07) is 6.04. The standard InChI is InChI=1S/C16H17BrCl2N4S/c17-12-9-23(8-10-5-6-13(18)14(19)7-10)22-15(12)21-16(24)20-11-3-1-2-4-11/h5-7,9,11H,1-4,8H2,(H2,20,21,22,24). The maximum atomic E-state index is 6.06. The summed E-state index contributed by atoms with van der Waals surface area (Å²) in [5.74, 6) is 0.700. The van der Waals surface area contributed by atoms with Crippen LogP contribution in [0.1, 0.15) is 31.2 Å². The second-order valence-corrected chi connectivity index (χ2v) is 7.93. The van der Waals surface area contributed by atoms with Crippen LogP contribution < -0.4 is 10.6 Å². The molecule has 1 saturated carbocycles. The lowest BCUT2D eigenvalue weighted by Gasteiger charge is -2.14. The lowest BCUT2D eigenvalue weighted by Crippen LogP contribution is -2.36. The minimum atomic E-state index is 0.474. The number of nitrogens with zero attached hydrogens (tertiary/aromatic N) is 2. The summed E-state index contributed by atoms with van der Waals surface area (Å²) in [4.78, 5) is 0. The number of aromatic nitrogens is 2. The van der Waals surface area contributed by atoms with Gasteiger partial charge in [0.1, 0.15) is 0 Å². The molecule has 0 atom stereocenters. The van der Waals surface area contributed by atoms with Crippen LogP contribution in [0.2, 0.25) is 10.0 Å². The maximum absolute atomic E-state index is 6.06. The topological polar surface area (TPSA) is 41.9 Å². The Morgan fingerprint density at radius 3 is 2.75 bits per heavy atom. The zero-order chi connectivity index (χ0) is 17.1. The Kier molecular flexibility index (Phi) is 6.02. The first-order valence-corrected chi connectivity index (χ1v) is 9.71. The molecule has 1 aromatic carbocycles. The Bertz CT molecular complexity index is 744. The third kappa shape index (κ3) is 4.63. The van der Waals surface area contributed by atoms with Gasteiger partial charge in [0, 0.05) is 12.2 Å². The molecule has 2 aromatic rings. The summed E-state index contributed by atoms with van der Waals surface area (Å²) in [7, 11) is 0. The van der Waals surface area contributed by atoms with Gasteiger partial charge in [0.25, 0.3) is 0 Å². The van der Waals surface area contributed by atoms with Crippen molar-refractivity contribution in [3.8, 4) is 0 Å². The van der Waals surface area contributed by atoms with Crippen LogP contribution in [0, 0.1) is 0 Å². The molecule has 1 aliphatic rings. The summed E-state index contributed by atoms with van der Waals surface area (Å²) in [5, 5.41) is 12.7. The van der Waals surface area contributed by atoms with E-state index in [0.29, 0.717) is 33.6 Å². The molecule has 8 heteroatoms. The molecule has 0 radical (unpaired) electrons. The Hall–Kier alpha value is -0.820. The van der Waals surface area contributed by atoms with Crippen molar-refractivity contribution in [3.63, 3.8) is 0 Å². The highest BCUT2D eigenvalue weighted by molar-refractivity contribution is 9.10. The zero-order valence-electron chi connectivity index (χ0n) is 12.9. The molecule has 3 rings (SSSR count). The Morgan fingerprint density at radius 1 is 1.29 bits per heavy atom. The number of hydrogen-bond acceptors (Lipinski definition) is 2. The molecule has 0 bridgehead atoms. The lowest BCUT2D eigenvalue weighted by molar-refractivity contribution is 0.634. The predicted molar refractivity (Wildman–Crippen MR) is 107 cm³/mol. The average molecular weight is 448 g/mol. The molecule has 24 heavy (non-hydrogen) atoms. The SMILES string of the molecule is S=C(Nc1nn(Cc2ccc(Cl)c(Cl)c2)cc1Br)NC1CCCC1. The molecule has 1 aliphatic carbocycles. The highest BCUT2D eigenvalue weighted by Gasteiger charge is 2.16. The van der Waals surface area contributed by atoms with Crippen LogP contribution in [-0.2, 0) is 6.54 Å². The first-order chi connectivity index (χ1) is 11.5. The molecule has 1 fully saturated rings. The van der Waals surface area contributed by atoms with Gasteiger partial charge in [-0.25, -0.2) is 0 Å². The number of thiocarbonyl (C=S) groups is 1. The molecule has 0 spiro atoms. The summed E-state index contributed by atoms with van der Waals surface area (Å²) < 4.78 is 2.68. The highest BCUT2D eigenvalue weighted by atomic mass is 79.9. The minimum Gasteiger partial charge on any atom is -0.360 e. The fourth-order valence-electron chi connectivity index (χ4n) is 2.79. The van der Waals surface area contributed by atoms with Crippen LogP contribution in [0.3, 0.4) is 0 Å². The smallest absolute Gasteiger partial charge is 0.172 e. The van der Waals surface area contributed by atoms with Crippen LogP contribution in [-0.4, -0.2) is 20.9 Å². The number of halogens is 3. The normalized spacial score (nSPS) is 14.8. The van der Waals surface area contributed by atoms with Crippen molar-refractivity contribution in [1.82, 2.24) is 15.1 Å². The molecule has 2 N–H and O–H groups in total. The van der Waals surface area contributed by atoms with E-state index in [0.717, 1.165) is 10.0 Å². The second kappa shape index (κ2) is 8.04. The van der Waals surface area contributed by atoms with Crippen LogP contribution >= 0.6 is 51.3 Å². The van der Waals surface area contributed by atoms with Crippen LogP contribution in [0.4, 0.5) is 5.82 Å². The van der Waals surface area contributed by atoms with Gasteiger partial charge in [-0.05, 0) is 58.7 Å². The van der Waals surface area contributed by atoms with E-state index >= 15 is 0 Å². The van der Waals surface area contributed by atoms with Gasteiger partial charge in [-0.1, -0.05) is 42.1 Å². The van der Waals surface area contributed by atoms with Crippen molar-refractivity contribution < 1.29 is 0 Å². The summed E-state index contributed by atoms with van der Waals surface area (Å²) in [6.45, 7) is 0.597. The van der Waals surface area contributed by atoms with Gasteiger partial charge in [-0.2, -0.15) is 5.10 Å². The lowest BCUT2D eigenvalue weighted by atomic mass is 10.2. The molecule has 1 heterocycles. The number of rotatable bonds is 4. The number of anilines is 1. The first kappa shape index (κ1) is 18.0. The molecule has 0 amide bonds. The van der Waals surface area contributed by atoms with Gasteiger partial charge in [0.15, 0.2) is 10.9 Å². The van der Waals surface area contributed by atoms with E-state index in [1.54, 1.807) is 6.07 Å². The largest absolute Gasteiger partial charge is 0.360 e. The predicted octanol–water partition coefficient (Wildman–Crippen LogP) is 5.23. The zero-order valence-corrected chi connectivity index (χ0v) is 16.8. The summed E-state index contributed by atoms with van der Waals surface area (Å²) >= 11 is 20.9. The average Bonchev–Trinajstić information content (AvgIpc) is 3.14. The molecular formula is C16H17BrCl2N4S. The third-order valence-corrected chi connectivity index (χ3v) is 5.51.